The van der Waals surface area contributed by atoms with Gasteiger partial charge in [0.1, 0.15) is 0 Å². The van der Waals surface area contributed by atoms with Crippen LogP contribution in [0.25, 0.3) is 0 Å². The van der Waals surface area contributed by atoms with E-state index in [1.807, 2.05) is 0 Å². The predicted molar refractivity (Wildman–Crippen MR) is 30.1 cm³/mol. The van der Waals surface area contributed by atoms with Crippen molar-refractivity contribution in [2.24, 2.45) is 0 Å². The Kier molecular flexibility index (Phi) is 3.50. The highest BCUT2D eigenvalue weighted by molar-refractivity contribution is 6.19. The molecule has 4 heteroatoms. The zero-order valence-electron chi connectivity index (χ0n) is 4.93. The molecule has 0 saturated carbocycles. The second-order valence-corrected chi connectivity index (χ2v) is 2.03. The summed E-state index contributed by atoms with van der Waals surface area (Å²) in [6.07, 6.45) is 0. The van der Waals surface area contributed by atoms with Gasteiger partial charge in [-0.3, -0.25) is 9.59 Å². The maximum Gasteiger partial charge on any atom is 0.310 e. The molecule has 0 radical (unpaired) electrons. The van der Waals surface area contributed by atoms with Crippen LogP contribution in [-0.4, -0.2) is 28.2 Å². The molecular formula is C4H7AlO3. The van der Waals surface area contributed by atoms with Gasteiger partial charge in [-0.1, -0.05) is 0 Å². The van der Waals surface area contributed by atoms with Crippen LogP contribution in [0.4, 0.5) is 0 Å². The summed E-state index contributed by atoms with van der Waals surface area (Å²) >= 11 is 0.752. The molecule has 0 bridgehead atoms. The fraction of sp³-hybridized carbons (Fsp3) is 0.500. The Labute approximate surface area is 55.4 Å². The van der Waals surface area contributed by atoms with Crippen molar-refractivity contribution in [3.8, 4) is 0 Å². The summed E-state index contributed by atoms with van der Waals surface area (Å²) in [5.41, 5.74) is 0. The highest BCUT2D eigenvalue weighted by atomic mass is 27.0. The Hall–Kier alpha value is -0.328. The SMILES string of the molecule is CC(=O)OC(=O)[CH2][AlH2]. The molecule has 0 rings (SSSR count). The van der Waals surface area contributed by atoms with Crippen LogP contribution in [0.3, 0.4) is 0 Å². The number of rotatable bonds is 1. The van der Waals surface area contributed by atoms with Gasteiger partial charge in [0.25, 0.3) is 5.97 Å². The number of esters is 2. The van der Waals surface area contributed by atoms with Crippen molar-refractivity contribution in [2.75, 3.05) is 0 Å². The lowest BCUT2D eigenvalue weighted by Crippen LogP contribution is -2.07. The topological polar surface area (TPSA) is 43.4 Å². The largest absolute Gasteiger partial charge is 0.394 e. The summed E-state index contributed by atoms with van der Waals surface area (Å²) in [7, 11) is 0. The first-order chi connectivity index (χ1) is 3.66. The molecule has 0 aliphatic heterocycles. The van der Waals surface area contributed by atoms with E-state index >= 15 is 0 Å². The van der Waals surface area contributed by atoms with E-state index in [1.54, 1.807) is 0 Å². The zero-order valence-corrected chi connectivity index (χ0v) is 6.93. The molecule has 0 atom stereocenters. The molecule has 0 amide bonds. The molecule has 0 aliphatic rings. The third-order valence-corrected chi connectivity index (χ3v) is 1.12. The van der Waals surface area contributed by atoms with Crippen molar-refractivity contribution in [3.63, 3.8) is 0 Å². The Bertz CT molecular complexity index is 110. The lowest BCUT2D eigenvalue weighted by atomic mass is 10.7. The van der Waals surface area contributed by atoms with Crippen molar-refractivity contribution in [3.05, 3.63) is 0 Å². The highest BCUT2D eigenvalue weighted by Crippen LogP contribution is 1.81. The molecule has 0 unspecified atom stereocenters. The number of ether oxygens (including phenoxy) is 1. The minimum Gasteiger partial charge on any atom is -0.394 e. The molecule has 0 N–H and O–H groups in total. The number of carbonyl (C=O) groups is 2. The van der Waals surface area contributed by atoms with E-state index in [2.05, 4.69) is 4.74 Å². The lowest BCUT2D eigenvalue weighted by molar-refractivity contribution is -0.156. The van der Waals surface area contributed by atoms with Crippen molar-refractivity contribution in [1.29, 1.82) is 0 Å². The van der Waals surface area contributed by atoms with Gasteiger partial charge < -0.3 is 4.74 Å². The molecule has 44 valence electrons. The van der Waals surface area contributed by atoms with Crippen LogP contribution >= 0.6 is 0 Å². The third-order valence-electron chi connectivity index (χ3n) is 0.546. The minimum absolute atomic E-state index is 0.388. The van der Waals surface area contributed by atoms with Crippen molar-refractivity contribution in [1.82, 2.24) is 0 Å². The minimum atomic E-state index is -0.522. The Balaban J connectivity index is 3.40. The van der Waals surface area contributed by atoms with Gasteiger partial charge in [-0.2, -0.15) is 0 Å². The maximum atomic E-state index is 10.2. The van der Waals surface area contributed by atoms with Crippen LogP contribution in [0.2, 0.25) is 5.28 Å². The number of hydrogen-bond acceptors (Lipinski definition) is 3. The van der Waals surface area contributed by atoms with Crippen LogP contribution in [-0.2, 0) is 14.3 Å². The number of hydrogen-bond donors (Lipinski definition) is 0. The van der Waals surface area contributed by atoms with E-state index in [0.717, 1.165) is 16.3 Å². The molecule has 0 aliphatic carbocycles. The Morgan fingerprint density at radius 2 is 2.12 bits per heavy atom. The molecule has 0 saturated heterocycles. The molecule has 3 nitrogen and oxygen atoms in total. The second-order valence-electron chi connectivity index (χ2n) is 1.32. The summed E-state index contributed by atoms with van der Waals surface area (Å²) in [5, 5.41) is 0.388. The molecule has 8 heavy (non-hydrogen) atoms. The van der Waals surface area contributed by atoms with Crippen LogP contribution in [0.1, 0.15) is 6.92 Å². The van der Waals surface area contributed by atoms with Crippen molar-refractivity contribution < 1.29 is 14.3 Å². The van der Waals surface area contributed by atoms with E-state index in [0.29, 0.717) is 5.28 Å². The van der Waals surface area contributed by atoms with Gasteiger partial charge >= 0.3 is 5.97 Å². The first kappa shape index (κ1) is 7.67. The molecule has 0 spiro atoms. The maximum absolute atomic E-state index is 10.2. The molecule has 0 aromatic heterocycles. The average Bonchev–Trinajstić information content (AvgIpc) is 1.65. The summed E-state index contributed by atoms with van der Waals surface area (Å²) < 4.78 is 4.16. The molecule has 0 aromatic rings. The first-order valence-corrected chi connectivity index (χ1v) is 3.79. The Morgan fingerprint density at radius 1 is 1.62 bits per heavy atom. The predicted octanol–water partition coefficient (Wildman–Crippen LogP) is -0.873. The average molecular weight is 130 g/mol. The Morgan fingerprint density at radius 3 is 2.25 bits per heavy atom. The second kappa shape index (κ2) is 3.65. The van der Waals surface area contributed by atoms with E-state index < -0.39 is 11.9 Å². The monoisotopic (exact) mass is 130 g/mol. The molecular weight excluding hydrogens is 123 g/mol. The van der Waals surface area contributed by atoms with Crippen LogP contribution in [0.15, 0.2) is 0 Å². The number of carbonyl (C=O) groups excluding carboxylic acids is 2. The molecule has 0 heterocycles. The van der Waals surface area contributed by atoms with Crippen LogP contribution in [0, 0.1) is 0 Å². The van der Waals surface area contributed by atoms with Crippen molar-refractivity contribution in [2.45, 2.75) is 12.2 Å². The van der Waals surface area contributed by atoms with Crippen LogP contribution < -0.4 is 0 Å². The quantitative estimate of drug-likeness (QED) is 0.263. The summed E-state index contributed by atoms with van der Waals surface area (Å²) in [6, 6.07) is 0. The smallest absolute Gasteiger partial charge is 0.310 e. The van der Waals surface area contributed by atoms with E-state index in [4.69, 9.17) is 0 Å². The third kappa shape index (κ3) is 3.85. The van der Waals surface area contributed by atoms with Gasteiger partial charge in [-0.25, -0.2) is 0 Å². The van der Waals surface area contributed by atoms with Gasteiger partial charge in [-0.05, 0) is 5.28 Å². The normalized spacial score (nSPS) is 8.12. The van der Waals surface area contributed by atoms with Gasteiger partial charge in [0.2, 0.25) is 16.3 Å². The van der Waals surface area contributed by atoms with Gasteiger partial charge in [-0.15, -0.1) is 0 Å². The summed E-state index contributed by atoms with van der Waals surface area (Å²) in [4.78, 5) is 20.2. The van der Waals surface area contributed by atoms with Gasteiger partial charge in [0.05, 0.1) is 0 Å². The summed E-state index contributed by atoms with van der Waals surface area (Å²) in [5.74, 6) is -0.935. The fourth-order valence-corrected chi connectivity index (χ4v) is 0.377. The lowest BCUT2D eigenvalue weighted by Gasteiger charge is -1.92. The standard InChI is InChI=1S/C4H5O3.Al.2H/c1-3(5)7-4(2)6;;;/h1H2,2H3;;;. The fourth-order valence-electron chi connectivity index (χ4n) is 0.232. The van der Waals surface area contributed by atoms with Crippen LogP contribution in [0.5, 0.6) is 0 Å². The van der Waals surface area contributed by atoms with Crippen molar-refractivity contribution >= 4 is 28.2 Å². The molecule has 0 aromatic carbocycles. The highest BCUT2D eigenvalue weighted by Gasteiger charge is 1.99. The summed E-state index contributed by atoms with van der Waals surface area (Å²) in [6.45, 7) is 1.22. The van der Waals surface area contributed by atoms with Gasteiger partial charge in [0.15, 0.2) is 0 Å². The first-order valence-electron chi connectivity index (χ1n) is 2.38. The van der Waals surface area contributed by atoms with E-state index in [9.17, 15) is 9.59 Å². The zero-order chi connectivity index (χ0) is 6.57. The molecule has 0 fully saturated rings. The van der Waals surface area contributed by atoms with E-state index in [-0.39, 0.29) is 0 Å². The van der Waals surface area contributed by atoms with E-state index in [1.165, 1.54) is 6.92 Å². The van der Waals surface area contributed by atoms with Gasteiger partial charge in [0, 0.05) is 6.92 Å².